The fourth-order valence-electron chi connectivity index (χ4n) is 5.68. The summed E-state index contributed by atoms with van der Waals surface area (Å²) in [6, 6.07) is 25.8. The molecule has 2 N–H and O–H groups in total. The molecule has 1 saturated heterocycles. The van der Waals surface area contributed by atoms with Gasteiger partial charge in [-0.15, -0.1) is 0 Å². The highest BCUT2D eigenvalue weighted by Gasteiger charge is 2.40. The lowest BCUT2D eigenvalue weighted by Crippen LogP contribution is -2.35. The fraction of sp³-hybridized carbons (Fsp3) is 0.294. The molecule has 11 heteroatoms. The zero-order chi connectivity index (χ0) is 31.4. The van der Waals surface area contributed by atoms with E-state index < -0.39 is 5.60 Å². The minimum Gasteiger partial charge on any atom is -0.497 e. The summed E-state index contributed by atoms with van der Waals surface area (Å²) in [4.78, 5) is 30.2. The van der Waals surface area contributed by atoms with Gasteiger partial charge in [-0.1, -0.05) is 66.7 Å². The molecule has 0 radical (unpaired) electrons. The van der Waals surface area contributed by atoms with Gasteiger partial charge in [0.1, 0.15) is 17.6 Å². The van der Waals surface area contributed by atoms with Crippen LogP contribution in [0.3, 0.4) is 0 Å². The van der Waals surface area contributed by atoms with E-state index in [0.29, 0.717) is 12.1 Å². The molecule has 45 heavy (non-hydrogen) atoms. The third kappa shape index (κ3) is 6.10. The van der Waals surface area contributed by atoms with Crippen LogP contribution >= 0.6 is 0 Å². The van der Waals surface area contributed by atoms with Crippen molar-refractivity contribution >= 4 is 23.5 Å². The minimum absolute atomic E-state index is 0.0491. The summed E-state index contributed by atoms with van der Waals surface area (Å²) in [6.07, 6.45) is 3.98. The van der Waals surface area contributed by atoms with E-state index in [0.717, 1.165) is 34.4 Å². The molecule has 1 unspecified atom stereocenters. The van der Waals surface area contributed by atoms with E-state index in [1.54, 1.807) is 29.2 Å². The number of aliphatic hydroxyl groups is 1. The summed E-state index contributed by atoms with van der Waals surface area (Å²) in [5, 5.41) is 9.72. The van der Waals surface area contributed by atoms with E-state index in [4.69, 9.17) is 14.2 Å². The van der Waals surface area contributed by atoms with Crippen LogP contribution in [0.1, 0.15) is 41.3 Å². The standard InChI is InChI=1S/C34H36N6O5/c1-39(2)21-36-33-37-31-30(32(42)38-33)35-22-40(31)29-18-17-28(45-29)20-44-34(24-7-5-4-6-8-24,25-11-9-23(19-41)10-12-25)26-13-15-27(43-3)16-14-26/h4-16,21-22,28-29,41H,17-20H2,1-3H3,(H,37,38,42)/t28-,29+,34?/m0/s1. The van der Waals surface area contributed by atoms with Crippen molar-refractivity contribution in [2.45, 2.75) is 37.4 Å². The summed E-state index contributed by atoms with van der Waals surface area (Å²) in [5.41, 5.74) is 2.93. The highest BCUT2D eigenvalue weighted by molar-refractivity contribution is 5.71. The van der Waals surface area contributed by atoms with Crippen LogP contribution in [0.15, 0.2) is 95.0 Å². The Hall–Kier alpha value is -4.84. The molecule has 0 bridgehead atoms. The Morgan fingerprint density at radius 1 is 1.04 bits per heavy atom. The number of rotatable bonds is 11. The first kappa shape index (κ1) is 30.2. The SMILES string of the molecule is COc1ccc(C(OC[C@@H]2CC[C@H](n3cnc4c(=O)[nH]c(N=CN(C)C)nc43)O2)(c2ccccc2)c2ccc(CO)cc2)cc1. The molecule has 1 fully saturated rings. The van der Waals surface area contributed by atoms with Crippen molar-refractivity contribution in [3.05, 3.63) is 118 Å². The number of methoxy groups -OCH3 is 1. The maximum absolute atomic E-state index is 12.7. The number of hydrogen-bond donors (Lipinski definition) is 2. The first-order valence-corrected chi connectivity index (χ1v) is 14.8. The molecular weight excluding hydrogens is 572 g/mol. The quantitative estimate of drug-likeness (QED) is 0.127. The molecule has 2 aromatic heterocycles. The van der Waals surface area contributed by atoms with Gasteiger partial charge >= 0.3 is 0 Å². The third-order valence-electron chi connectivity index (χ3n) is 7.93. The van der Waals surface area contributed by atoms with Gasteiger partial charge in [0.15, 0.2) is 11.2 Å². The van der Waals surface area contributed by atoms with Gasteiger partial charge in [0.2, 0.25) is 5.95 Å². The van der Waals surface area contributed by atoms with Crippen molar-refractivity contribution in [1.82, 2.24) is 24.4 Å². The van der Waals surface area contributed by atoms with E-state index in [2.05, 4.69) is 32.1 Å². The lowest BCUT2D eigenvalue weighted by atomic mass is 9.79. The number of fused-ring (bicyclic) bond motifs is 1. The third-order valence-corrected chi connectivity index (χ3v) is 7.93. The van der Waals surface area contributed by atoms with Gasteiger partial charge in [0.25, 0.3) is 5.56 Å². The van der Waals surface area contributed by atoms with Crippen molar-refractivity contribution in [1.29, 1.82) is 0 Å². The summed E-state index contributed by atoms with van der Waals surface area (Å²) in [5.74, 6) is 0.939. The van der Waals surface area contributed by atoms with Gasteiger partial charge in [-0.05, 0) is 47.2 Å². The lowest BCUT2D eigenvalue weighted by molar-refractivity contribution is -0.0756. The number of nitrogens with zero attached hydrogens (tertiary/aromatic N) is 5. The average molecular weight is 609 g/mol. The summed E-state index contributed by atoms with van der Waals surface area (Å²) in [7, 11) is 5.32. The Bertz CT molecular complexity index is 1770. The number of hydrogen-bond acceptors (Lipinski definition) is 8. The number of benzene rings is 3. The smallest absolute Gasteiger partial charge is 0.280 e. The van der Waals surface area contributed by atoms with Crippen LogP contribution in [0.2, 0.25) is 0 Å². The van der Waals surface area contributed by atoms with Crippen LogP contribution in [0.5, 0.6) is 5.75 Å². The lowest BCUT2D eigenvalue weighted by Gasteiger charge is -2.37. The predicted octanol–water partition coefficient (Wildman–Crippen LogP) is 4.53. The van der Waals surface area contributed by atoms with E-state index in [1.807, 2.05) is 80.8 Å². The second kappa shape index (κ2) is 13.0. The fourth-order valence-corrected chi connectivity index (χ4v) is 5.68. The molecule has 0 aliphatic carbocycles. The molecule has 5 aromatic rings. The number of nitrogens with one attached hydrogen (secondary N) is 1. The number of aliphatic imine (C=N–C) groups is 1. The number of aromatic nitrogens is 4. The van der Waals surface area contributed by atoms with Crippen LogP contribution in [0, 0.1) is 0 Å². The van der Waals surface area contributed by atoms with Crippen molar-refractivity contribution in [3.63, 3.8) is 0 Å². The van der Waals surface area contributed by atoms with Gasteiger partial charge in [0.05, 0.1) is 39.1 Å². The Labute approximate surface area is 260 Å². The molecule has 0 saturated carbocycles. The van der Waals surface area contributed by atoms with Crippen LogP contribution in [0.25, 0.3) is 11.2 Å². The summed E-state index contributed by atoms with van der Waals surface area (Å²) < 4.78 is 20.8. The summed E-state index contributed by atoms with van der Waals surface area (Å²) in [6.45, 7) is 0.241. The van der Waals surface area contributed by atoms with Crippen molar-refractivity contribution in [2.75, 3.05) is 27.8 Å². The van der Waals surface area contributed by atoms with Crippen LogP contribution in [0.4, 0.5) is 5.95 Å². The van der Waals surface area contributed by atoms with Gasteiger partial charge in [0, 0.05) is 14.1 Å². The second-order valence-corrected chi connectivity index (χ2v) is 11.2. The monoisotopic (exact) mass is 608 g/mol. The normalized spacial score (nSPS) is 18.0. The Balaban J connectivity index is 1.32. The Kier molecular flexibility index (Phi) is 8.74. The van der Waals surface area contributed by atoms with E-state index in [-0.39, 0.29) is 42.6 Å². The largest absolute Gasteiger partial charge is 0.497 e. The van der Waals surface area contributed by atoms with Gasteiger partial charge < -0.3 is 24.2 Å². The van der Waals surface area contributed by atoms with Gasteiger partial charge in [-0.25, -0.2) is 9.98 Å². The molecule has 3 atom stereocenters. The first-order valence-electron chi connectivity index (χ1n) is 14.8. The zero-order valence-corrected chi connectivity index (χ0v) is 25.5. The van der Waals surface area contributed by atoms with Crippen LogP contribution in [-0.2, 0) is 21.7 Å². The molecule has 232 valence electrons. The number of H-pyrrole nitrogens is 1. The molecule has 1 aliphatic rings. The van der Waals surface area contributed by atoms with E-state index in [1.165, 1.54) is 0 Å². The molecular formula is C34H36N6O5. The van der Waals surface area contributed by atoms with Crippen molar-refractivity contribution < 1.29 is 19.3 Å². The highest BCUT2D eigenvalue weighted by atomic mass is 16.6. The Morgan fingerprint density at radius 2 is 1.73 bits per heavy atom. The molecule has 3 heterocycles. The molecule has 0 amide bonds. The number of aromatic amines is 1. The van der Waals surface area contributed by atoms with E-state index in [9.17, 15) is 9.90 Å². The molecule has 3 aromatic carbocycles. The first-order chi connectivity index (χ1) is 21.9. The second-order valence-electron chi connectivity index (χ2n) is 11.2. The topological polar surface area (TPSA) is 127 Å². The molecule has 11 nitrogen and oxygen atoms in total. The molecule has 6 rings (SSSR count). The Morgan fingerprint density at radius 3 is 2.40 bits per heavy atom. The highest BCUT2D eigenvalue weighted by Crippen LogP contribution is 2.42. The van der Waals surface area contributed by atoms with Crippen LogP contribution in [-0.4, -0.2) is 69.8 Å². The van der Waals surface area contributed by atoms with E-state index >= 15 is 0 Å². The predicted molar refractivity (Wildman–Crippen MR) is 171 cm³/mol. The average Bonchev–Trinajstić information content (AvgIpc) is 3.73. The molecule has 0 spiro atoms. The summed E-state index contributed by atoms with van der Waals surface area (Å²) >= 11 is 0. The van der Waals surface area contributed by atoms with Gasteiger partial charge in [-0.3, -0.25) is 14.3 Å². The zero-order valence-electron chi connectivity index (χ0n) is 25.5. The van der Waals surface area contributed by atoms with Crippen molar-refractivity contribution in [2.24, 2.45) is 4.99 Å². The number of imidazole rings is 1. The van der Waals surface area contributed by atoms with Crippen molar-refractivity contribution in [3.8, 4) is 5.75 Å². The number of ether oxygens (including phenoxy) is 3. The number of aliphatic hydroxyl groups excluding tert-OH is 1. The van der Waals surface area contributed by atoms with Crippen LogP contribution < -0.4 is 10.3 Å². The minimum atomic E-state index is -0.973. The maximum atomic E-state index is 12.7. The molecule has 1 aliphatic heterocycles. The van der Waals surface area contributed by atoms with Gasteiger partial charge in [-0.2, -0.15) is 4.98 Å². The maximum Gasteiger partial charge on any atom is 0.280 e.